The summed E-state index contributed by atoms with van der Waals surface area (Å²) in [6, 6.07) is 6.95. The number of rotatable bonds is 1. The third-order valence-electron chi connectivity index (χ3n) is 2.49. The molecule has 5 heteroatoms. The van der Waals surface area contributed by atoms with Crippen LogP contribution in [-0.4, -0.2) is 8.42 Å². The standard InChI is InChI=1S/C11H11NO3S/c1-3-8-11(2)9-6-4-5-7-10(9)15-16(13,14)12-11/h1,4-7,12H,8H2,2H3/t11-/m1/s1. The monoisotopic (exact) mass is 237 g/mol. The summed E-state index contributed by atoms with van der Waals surface area (Å²) in [6.07, 6.45) is 5.54. The minimum atomic E-state index is -3.77. The number of benzene rings is 1. The second kappa shape index (κ2) is 3.51. The molecule has 1 aliphatic rings. The first-order valence-corrected chi connectivity index (χ1v) is 6.14. The minimum absolute atomic E-state index is 0.270. The molecule has 1 N–H and O–H groups in total. The fourth-order valence-corrected chi connectivity index (χ4v) is 2.96. The Bertz CT molecular complexity index is 559. The van der Waals surface area contributed by atoms with Gasteiger partial charge in [0.05, 0.1) is 5.54 Å². The molecule has 84 valence electrons. The summed E-state index contributed by atoms with van der Waals surface area (Å²) < 4.78 is 30.3. The van der Waals surface area contributed by atoms with Crippen molar-refractivity contribution in [3.8, 4) is 18.1 Å². The second-order valence-corrected chi connectivity index (χ2v) is 5.13. The lowest BCUT2D eigenvalue weighted by atomic mass is 9.89. The van der Waals surface area contributed by atoms with E-state index < -0.39 is 15.8 Å². The van der Waals surface area contributed by atoms with Gasteiger partial charge in [0.15, 0.2) is 0 Å². The van der Waals surface area contributed by atoms with Crippen molar-refractivity contribution in [2.75, 3.05) is 0 Å². The number of terminal acetylenes is 1. The molecule has 1 aromatic carbocycles. The first kappa shape index (κ1) is 11.0. The van der Waals surface area contributed by atoms with Gasteiger partial charge >= 0.3 is 10.3 Å². The quantitative estimate of drug-likeness (QED) is 0.745. The molecule has 16 heavy (non-hydrogen) atoms. The minimum Gasteiger partial charge on any atom is -0.371 e. The van der Waals surface area contributed by atoms with Crippen LogP contribution in [-0.2, 0) is 15.8 Å². The van der Waals surface area contributed by atoms with Gasteiger partial charge in [-0.3, -0.25) is 0 Å². The molecule has 1 aliphatic heterocycles. The maximum absolute atomic E-state index is 11.5. The van der Waals surface area contributed by atoms with Gasteiger partial charge in [-0.2, -0.15) is 13.1 Å². The molecule has 0 amide bonds. The van der Waals surface area contributed by atoms with E-state index in [0.29, 0.717) is 5.75 Å². The molecule has 0 unspecified atom stereocenters. The SMILES string of the molecule is C#CC[C@@]1(C)NS(=O)(=O)Oc2ccccc21. The van der Waals surface area contributed by atoms with Gasteiger partial charge in [-0.1, -0.05) is 18.2 Å². The number of fused-ring (bicyclic) bond motifs is 1. The molecule has 0 fully saturated rings. The van der Waals surface area contributed by atoms with Crippen molar-refractivity contribution in [3.05, 3.63) is 29.8 Å². The van der Waals surface area contributed by atoms with Gasteiger partial charge in [0.25, 0.3) is 0 Å². The number of nitrogens with one attached hydrogen (secondary N) is 1. The molecular formula is C11H11NO3S. The summed E-state index contributed by atoms with van der Waals surface area (Å²) in [5.74, 6) is 2.81. The number of hydrogen-bond donors (Lipinski definition) is 1. The summed E-state index contributed by atoms with van der Waals surface area (Å²) >= 11 is 0. The van der Waals surface area contributed by atoms with Crippen LogP contribution < -0.4 is 8.91 Å². The zero-order valence-corrected chi connectivity index (χ0v) is 9.54. The van der Waals surface area contributed by atoms with Crippen LogP contribution in [0.2, 0.25) is 0 Å². The second-order valence-electron chi connectivity index (χ2n) is 3.85. The molecule has 1 aromatic rings. The van der Waals surface area contributed by atoms with Gasteiger partial charge in [-0.05, 0) is 13.0 Å². The van der Waals surface area contributed by atoms with E-state index in [1.807, 2.05) is 6.07 Å². The van der Waals surface area contributed by atoms with E-state index >= 15 is 0 Å². The van der Waals surface area contributed by atoms with Crippen molar-refractivity contribution in [2.45, 2.75) is 18.9 Å². The summed E-state index contributed by atoms with van der Waals surface area (Å²) in [5, 5.41) is 0. The van der Waals surface area contributed by atoms with E-state index in [1.165, 1.54) is 0 Å². The van der Waals surface area contributed by atoms with Crippen molar-refractivity contribution in [1.29, 1.82) is 0 Å². The van der Waals surface area contributed by atoms with Crippen LogP contribution in [0.4, 0.5) is 0 Å². The van der Waals surface area contributed by atoms with Gasteiger partial charge in [-0.15, -0.1) is 12.3 Å². The zero-order chi connectivity index (χ0) is 11.8. The molecule has 0 spiro atoms. The average Bonchev–Trinajstić information content (AvgIpc) is 2.15. The molecule has 0 aromatic heterocycles. The van der Waals surface area contributed by atoms with Crippen LogP contribution in [0.25, 0.3) is 0 Å². The van der Waals surface area contributed by atoms with E-state index in [1.54, 1.807) is 25.1 Å². The highest BCUT2D eigenvalue weighted by Gasteiger charge is 2.39. The third-order valence-corrected chi connectivity index (χ3v) is 3.59. The Kier molecular flexibility index (Phi) is 2.41. The van der Waals surface area contributed by atoms with Crippen LogP contribution >= 0.6 is 0 Å². The average molecular weight is 237 g/mol. The van der Waals surface area contributed by atoms with Crippen LogP contribution in [0.5, 0.6) is 5.75 Å². The molecule has 0 saturated carbocycles. The first-order chi connectivity index (χ1) is 7.47. The van der Waals surface area contributed by atoms with Crippen molar-refractivity contribution >= 4 is 10.3 Å². The van der Waals surface area contributed by atoms with E-state index in [0.717, 1.165) is 5.56 Å². The van der Waals surface area contributed by atoms with Gasteiger partial charge in [0.2, 0.25) is 0 Å². The fourth-order valence-electron chi connectivity index (χ4n) is 1.80. The summed E-state index contributed by atoms with van der Waals surface area (Å²) in [7, 11) is -3.77. The molecule has 1 heterocycles. The van der Waals surface area contributed by atoms with Crippen LogP contribution in [0.1, 0.15) is 18.9 Å². The fraction of sp³-hybridized carbons (Fsp3) is 0.273. The lowest BCUT2D eigenvalue weighted by Gasteiger charge is -2.34. The van der Waals surface area contributed by atoms with Gasteiger partial charge in [0.1, 0.15) is 5.75 Å². The van der Waals surface area contributed by atoms with Crippen molar-refractivity contribution < 1.29 is 12.6 Å². The lowest BCUT2D eigenvalue weighted by molar-refractivity contribution is 0.361. The first-order valence-electron chi connectivity index (χ1n) is 4.73. The molecule has 0 radical (unpaired) electrons. The summed E-state index contributed by atoms with van der Waals surface area (Å²) in [5.41, 5.74) is -0.0506. The van der Waals surface area contributed by atoms with Crippen molar-refractivity contribution in [1.82, 2.24) is 4.72 Å². The molecule has 0 saturated heterocycles. The van der Waals surface area contributed by atoms with E-state index in [-0.39, 0.29) is 6.42 Å². The lowest BCUT2D eigenvalue weighted by Crippen LogP contribution is -2.48. The van der Waals surface area contributed by atoms with E-state index in [4.69, 9.17) is 10.6 Å². The summed E-state index contributed by atoms with van der Waals surface area (Å²) in [4.78, 5) is 0. The van der Waals surface area contributed by atoms with E-state index in [9.17, 15) is 8.42 Å². The predicted molar refractivity (Wildman–Crippen MR) is 59.9 cm³/mol. The van der Waals surface area contributed by atoms with Crippen molar-refractivity contribution in [3.63, 3.8) is 0 Å². The Morgan fingerprint density at radius 1 is 1.50 bits per heavy atom. The maximum atomic E-state index is 11.5. The molecule has 2 rings (SSSR count). The Balaban J connectivity index is 2.61. The maximum Gasteiger partial charge on any atom is 0.383 e. The van der Waals surface area contributed by atoms with Gasteiger partial charge < -0.3 is 4.18 Å². The Hall–Kier alpha value is -1.51. The molecule has 0 bridgehead atoms. The zero-order valence-electron chi connectivity index (χ0n) is 8.73. The predicted octanol–water partition coefficient (Wildman–Crippen LogP) is 1.15. The van der Waals surface area contributed by atoms with Crippen LogP contribution in [0.15, 0.2) is 24.3 Å². The highest BCUT2D eigenvalue weighted by molar-refractivity contribution is 7.85. The van der Waals surface area contributed by atoms with Gasteiger partial charge in [0, 0.05) is 12.0 Å². The van der Waals surface area contributed by atoms with Crippen molar-refractivity contribution in [2.24, 2.45) is 0 Å². The smallest absolute Gasteiger partial charge is 0.371 e. The number of hydrogen-bond acceptors (Lipinski definition) is 3. The largest absolute Gasteiger partial charge is 0.383 e. The van der Waals surface area contributed by atoms with Gasteiger partial charge in [-0.25, -0.2) is 0 Å². The Morgan fingerprint density at radius 2 is 2.19 bits per heavy atom. The highest BCUT2D eigenvalue weighted by atomic mass is 32.2. The van der Waals surface area contributed by atoms with Crippen LogP contribution in [0.3, 0.4) is 0 Å². The van der Waals surface area contributed by atoms with Crippen LogP contribution in [0, 0.1) is 12.3 Å². The van der Waals surface area contributed by atoms with E-state index in [2.05, 4.69) is 10.6 Å². The third kappa shape index (κ3) is 1.77. The summed E-state index contributed by atoms with van der Waals surface area (Å²) in [6.45, 7) is 1.74. The molecule has 0 aliphatic carbocycles. The molecule has 4 nitrogen and oxygen atoms in total. The number of para-hydroxylation sites is 1. The Labute approximate surface area is 94.9 Å². The highest BCUT2D eigenvalue weighted by Crippen LogP contribution is 2.36. The molecular weight excluding hydrogens is 226 g/mol. The Morgan fingerprint density at radius 3 is 2.88 bits per heavy atom. The topological polar surface area (TPSA) is 55.4 Å². The normalized spacial score (nSPS) is 26.2. The molecule has 1 atom stereocenters.